The molecule has 9 heteroatoms. The highest BCUT2D eigenvalue weighted by molar-refractivity contribution is 6.01. The lowest BCUT2D eigenvalue weighted by Gasteiger charge is -2.15. The number of hydrogen-bond donors (Lipinski definition) is 2. The van der Waals surface area contributed by atoms with Gasteiger partial charge in [-0.05, 0) is 55.8 Å². The fraction of sp³-hybridized carbons (Fsp3) is 0.281. The first kappa shape index (κ1) is 29.6. The molecule has 2 aromatic heterocycles. The summed E-state index contributed by atoms with van der Waals surface area (Å²) in [7, 11) is 0. The van der Waals surface area contributed by atoms with Gasteiger partial charge in [0, 0.05) is 47.0 Å². The summed E-state index contributed by atoms with van der Waals surface area (Å²) in [5.74, 6) is -1.58. The maximum absolute atomic E-state index is 13.7. The molecule has 0 saturated carbocycles. The van der Waals surface area contributed by atoms with E-state index >= 15 is 0 Å². The fourth-order valence-electron chi connectivity index (χ4n) is 4.67. The third-order valence-electron chi connectivity index (χ3n) is 6.47. The first-order valence-corrected chi connectivity index (χ1v) is 13.4. The van der Waals surface area contributed by atoms with E-state index in [1.54, 1.807) is 36.4 Å². The van der Waals surface area contributed by atoms with Gasteiger partial charge in [0.05, 0.1) is 24.2 Å². The van der Waals surface area contributed by atoms with Gasteiger partial charge in [-0.25, -0.2) is 9.18 Å². The summed E-state index contributed by atoms with van der Waals surface area (Å²) in [6.07, 6.45) is 3.68. The van der Waals surface area contributed by atoms with Crippen molar-refractivity contribution in [1.29, 1.82) is 0 Å². The predicted octanol–water partition coefficient (Wildman–Crippen LogP) is 5.34. The summed E-state index contributed by atoms with van der Waals surface area (Å²) in [5.41, 5.74) is 3.87. The Morgan fingerprint density at radius 3 is 2.44 bits per heavy atom. The van der Waals surface area contributed by atoms with E-state index in [2.05, 4.69) is 23.4 Å². The molecule has 0 fully saturated rings. The summed E-state index contributed by atoms with van der Waals surface area (Å²) >= 11 is 0. The number of hydrogen-bond acceptors (Lipinski definition) is 7. The number of halogens is 1. The van der Waals surface area contributed by atoms with Crippen LogP contribution in [-0.4, -0.2) is 57.1 Å². The van der Waals surface area contributed by atoms with E-state index in [1.807, 2.05) is 24.3 Å². The van der Waals surface area contributed by atoms with Crippen molar-refractivity contribution in [3.8, 4) is 11.1 Å². The number of carbonyl (C=O) groups is 2. The summed E-state index contributed by atoms with van der Waals surface area (Å²) in [4.78, 5) is 27.8. The van der Waals surface area contributed by atoms with Crippen LogP contribution in [0, 0.1) is 5.82 Å². The Labute approximate surface area is 237 Å². The summed E-state index contributed by atoms with van der Waals surface area (Å²) in [6.45, 7) is 3.82. The van der Waals surface area contributed by atoms with Crippen LogP contribution in [0.1, 0.15) is 48.8 Å². The second-order valence-corrected chi connectivity index (χ2v) is 9.87. The first-order chi connectivity index (χ1) is 19.7. The lowest BCUT2D eigenvalue weighted by Crippen LogP contribution is -2.22. The van der Waals surface area contributed by atoms with Crippen LogP contribution in [0.5, 0.6) is 0 Å². The van der Waals surface area contributed by atoms with Crippen molar-refractivity contribution in [3.63, 3.8) is 0 Å². The van der Waals surface area contributed by atoms with E-state index in [1.165, 1.54) is 24.5 Å². The number of para-hydroxylation sites is 1. The molecule has 41 heavy (non-hydrogen) atoms. The third kappa shape index (κ3) is 7.65. The van der Waals surface area contributed by atoms with Crippen LogP contribution >= 0.6 is 0 Å². The normalized spacial score (nSPS) is 13.0. The van der Waals surface area contributed by atoms with Crippen LogP contribution in [0.25, 0.3) is 28.1 Å². The van der Waals surface area contributed by atoms with Crippen LogP contribution in [0.4, 0.5) is 4.39 Å². The number of benzene rings is 2. The van der Waals surface area contributed by atoms with Crippen molar-refractivity contribution < 1.29 is 33.7 Å². The molecule has 2 N–H and O–H groups in total. The number of pyridine rings is 1. The molecule has 8 nitrogen and oxygen atoms in total. The Bertz CT molecular complexity index is 1500. The van der Waals surface area contributed by atoms with E-state index in [-0.39, 0.29) is 43.5 Å². The number of esters is 2. The highest BCUT2D eigenvalue weighted by Crippen LogP contribution is 2.38. The number of carbonyl (C=O) groups excluding carboxylic acids is 2. The van der Waals surface area contributed by atoms with Gasteiger partial charge in [0.2, 0.25) is 0 Å². The van der Waals surface area contributed by atoms with Crippen LogP contribution in [0.3, 0.4) is 0 Å². The van der Waals surface area contributed by atoms with Crippen molar-refractivity contribution in [2.24, 2.45) is 0 Å². The van der Waals surface area contributed by atoms with Gasteiger partial charge in [-0.1, -0.05) is 36.4 Å². The first-order valence-electron chi connectivity index (χ1n) is 13.4. The van der Waals surface area contributed by atoms with Gasteiger partial charge in [0.25, 0.3) is 0 Å². The van der Waals surface area contributed by atoms with Gasteiger partial charge in [0.1, 0.15) is 19.0 Å². The number of aromatic nitrogens is 2. The lowest BCUT2D eigenvalue weighted by molar-refractivity contribution is -0.147. The molecule has 0 aliphatic rings. The molecular weight excluding hydrogens is 527 g/mol. The standard InChI is InChI=1S/C32H33FN2O6/c1-21(2)35-28-8-4-3-7-27(28)31(22-9-11-24(33)12-10-22)29(35)14-13-25(36)18-26(37)19-30(38)40-16-17-41-32(39)23-6-5-15-34-20-23/h3-15,20-21,25-26,36-37H,16-19H2,1-2H3/b14-13+/t25-,26-/m1/s1. The van der Waals surface area contributed by atoms with Gasteiger partial charge >= 0.3 is 11.9 Å². The quantitative estimate of drug-likeness (QED) is 0.178. The second-order valence-electron chi connectivity index (χ2n) is 9.87. The minimum atomic E-state index is -1.15. The summed E-state index contributed by atoms with van der Waals surface area (Å²) in [5, 5.41) is 22.0. The molecule has 0 radical (unpaired) electrons. The Balaban J connectivity index is 1.37. The molecule has 2 heterocycles. The van der Waals surface area contributed by atoms with E-state index in [4.69, 9.17) is 9.47 Å². The molecule has 0 aliphatic carbocycles. The van der Waals surface area contributed by atoms with Crippen LogP contribution in [0.2, 0.25) is 0 Å². The molecule has 2 aromatic carbocycles. The van der Waals surface area contributed by atoms with E-state index in [9.17, 15) is 24.2 Å². The maximum atomic E-state index is 13.7. The van der Waals surface area contributed by atoms with Crippen molar-refractivity contribution in [2.75, 3.05) is 13.2 Å². The molecule has 0 spiro atoms. The average Bonchev–Trinajstić information content (AvgIpc) is 3.29. The lowest BCUT2D eigenvalue weighted by atomic mass is 10.0. The Morgan fingerprint density at radius 1 is 1.00 bits per heavy atom. The summed E-state index contributed by atoms with van der Waals surface area (Å²) in [6, 6.07) is 17.5. The highest BCUT2D eigenvalue weighted by atomic mass is 19.1. The third-order valence-corrected chi connectivity index (χ3v) is 6.47. The molecule has 4 aromatic rings. The average molecular weight is 561 g/mol. The SMILES string of the molecule is CC(C)n1c(/C=C/[C@@H](O)C[C@@H](O)CC(=O)OCCOC(=O)c2cccnc2)c(-c2ccc(F)cc2)c2ccccc21. The zero-order chi connectivity index (χ0) is 29.4. The predicted molar refractivity (Wildman–Crippen MR) is 153 cm³/mol. The molecule has 0 saturated heterocycles. The van der Waals surface area contributed by atoms with Crippen molar-refractivity contribution >= 4 is 28.9 Å². The molecule has 0 aliphatic heterocycles. The summed E-state index contributed by atoms with van der Waals surface area (Å²) < 4.78 is 25.9. The number of rotatable bonds is 12. The van der Waals surface area contributed by atoms with Crippen LogP contribution in [0.15, 0.2) is 79.1 Å². The number of aliphatic hydroxyl groups excluding tert-OH is 2. The van der Waals surface area contributed by atoms with Crippen molar-refractivity contribution in [1.82, 2.24) is 9.55 Å². The number of ether oxygens (including phenoxy) is 2. The maximum Gasteiger partial charge on any atom is 0.339 e. The fourth-order valence-corrected chi connectivity index (χ4v) is 4.67. The second kappa shape index (κ2) is 13.8. The Hall–Kier alpha value is -4.34. The molecule has 0 amide bonds. The van der Waals surface area contributed by atoms with Gasteiger partial charge in [-0.15, -0.1) is 0 Å². The molecule has 0 bridgehead atoms. The molecule has 2 atom stereocenters. The monoisotopic (exact) mass is 560 g/mol. The number of nitrogens with zero attached hydrogens (tertiary/aromatic N) is 2. The van der Waals surface area contributed by atoms with Gasteiger partial charge in [-0.3, -0.25) is 9.78 Å². The molecule has 214 valence electrons. The number of fused-ring (bicyclic) bond motifs is 1. The zero-order valence-corrected chi connectivity index (χ0v) is 22.9. The van der Waals surface area contributed by atoms with Gasteiger partial charge in [-0.2, -0.15) is 0 Å². The van der Waals surface area contributed by atoms with E-state index in [0.717, 1.165) is 27.7 Å². The minimum absolute atomic E-state index is 0.0879. The van der Waals surface area contributed by atoms with Gasteiger partial charge in [0.15, 0.2) is 0 Å². The molecule has 0 unspecified atom stereocenters. The largest absolute Gasteiger partial charge is 0.462 e. The Kier molecular flexibility index (Phi) is 10.00. The topological polar surface area (TPSA) is 111 Å². The Morgan fingerprint density at radius 2 is 1.73 bits per heavy atom. The molecular formula is C32H33FN2O6. The smallest absolute Gasteiger partial charge is 0.339 e. The van der Waals surface area contributed by atoms with Crippen LogP contribution in [-0.2, 0) is 14.3 Å². The highest BCUT2D eigenvalue weighted by Gasteiger charge is 2.20. The van der Waals surface area contributed by atoms with E-state index in [0.29, 0.717) is 0 Å². The van der Waals surface area contributed by atoms with Gasteiger partial charge < -0.3 is 24.3 Å². The van der Waals surface area contributed by atoms with E-state index < -0.39 is 24.1 Å². The molecule has 4 rings (SSSR count). The number of aliphatic hydroxyl groups is 2. The van der Waals surface area contributed by atoms with Crippen molar-refractivity contribution in [2.45, 2.75) is 44.9 Å². The van der Waals surface area contributed by atoms with Crippen LogP contribution < -0.4 is 0 Å². The minimum Gasteiger partial charge on any atom is -0.462 e. The van der Waals surface area contributed by atoms with Crippen molar-refractivity contribution in [3.05, 3.63) is 96.2 Å². The zero-order valence-electron chi connectivity index (χ0n) is 22.9.